The molecule has 8 heteroatoms. The highest BCUT2D eigenvalue weighted by Gasteiger charge is 2.30. The summed E-state index contributed by atoms with van der Waals surface area (Å²) < 4.78 is 43.8. The number of alkyl halides is 3. The number of nitrogens with zero attached hydrogens (tertiary/aromatic N) is 3. The molecule has 5 nitrogen and oxygen atoms in total. The lowest BCUT2D eigenvalue weighted by Gasteiger charge is -2.35. The van der Waals surface area contributed by atoms with Crippen molar-refractivity contribution < 1.29 is 22.4 Å². The number of carbonyl (C=O) groups is 1. The molecule has 0 spiro atoms. The molecule has 0 N–H and O–H groups in total. The number of carbonyl (C=O) groups excluding carboxylic acids is 1. The SMILES string of the molecule is CN(Cc1ccco1)C(=O)CN1CCN(Cc2cccc(C(F)(F)F)c2)CC1. The van der Waals surface area contributed by atoms with Crippen molar-refractivity contribution in [1.82, 2.24) is 14.7 Å². The molecule has 1 aromatic heterocycles. The molecule has 1 aliphatic rings. The molecule has 0 unspecified atom stereocenters. The molecule has 2 heterocycles. The zero-order valence-corrected chi connectivity index (χ0v) is 15.8. The van der Waals surface area contributed by atoms with Crippen LogP contribution < -0.4 is 0 Å². The Balaban J connectivity index is 1.45. The fourth-order valence-electron chi connectivity index (χ4n) is 3.25. The van der Waals surface area contributed by atoms with Crippen LogP contribution in [0.25, 0.3) is 0 Å². The van der Waals surface area contributed by atoms with Crippen LogP contribution in [0.4, 0.5) is 13.2 Å². The molecule has 1 fully saturated rings. The summed E-state index contributed by atoms with van der Waals surface area (Å²) in [5, 5.41) is 0. The van der Waals surface area contributed by atoms with Crippen molar-refractivity contribution in [1.29, 1.82) is 0 Å². The number of benzene rings is 1. The van der Waals surface area contributed by atoms with E-state index in [9.17, 15) is 18.0 Å². The third kappa shape index (κ3) is 5.59. The molecular weight excluding hydrogens is 371 g/mol. The van der Waals surface area contributed by atoms with Gasteiger partial charge in [-0.15, -0.1) is 0 Å². The van der Waals surface area contributed by atoms with Crippen LogP contribution in [0.1, 0.15) is 16.9 Å². The number of furan rings is 1. The third-order valence-corrected chi connectivity index (χ3v) is 4.88. The van der Waals surface area contributed by atoms with E-state index in [1.165, 1.54) is 12.1 Å². The van der Waals surface area contributed by atoms with Crippen LogP contribution in [-0.2, 0) is 24.1 Å². The summed E-state index contributed by atoms with van der Waals surface area (Å²) in [4.78, 5) is 18.2. The molecule has 0 atom stereocenters. The summed E-state index contributed by atoms with van der Waals surface area (Å²) >= 11 is 0. The van der Waals surface area contributed by atoms with E-state index in [0.717, 1.165) is 11.8 Å². The fourth-order valence-corrected chi connectivity index (χ4v) is 3.25. The van der Waals surface area contributed by atoms with E-state index in [1.54, 1.807) is 30.3 Å². The maximum absolute atomic E-state index is 12.8. The minimum absolute atomic E-state index is 0.0164. The van der Waals surface area contributed by atoms with E-state index in [4.69, 9.17) is 4.42 Å². The van der Waals surface area contributed by atoms with Crippen molar-refractivity contribution >= 4 is 5.91 Å². The minimum atomic E-state index is -4.32. The molecule has 1 amide bonds. The molecular formula is C20H24F3N3O2. The predicted molar refractivity (Wildman–Crippen MR) is 98.3 cm³/mol. The maximum atomic E-state index is 12.8. The molecule has 2 aromatic rings. The zero-order valence-electron chi connectivity index (χ0n) is 15.8. The summed E-state index contributed by atoms with van der Waals surface area (Å²) in [6.07, 6.45) is -2.74. The van der Waals surface area contributed by atoms with Gasteiger partial charge in [-0.25, -0.2) is 0 Å². The lowest BCUT2D eigenvalue weighted by atomic mass is 10.1. The van der Waals surface area contributed by atoms with Gasteiger partial charge in [0.1, 0.15) is 5.76 Å². The van der Waals surface area contributed by atoms with Gasteiger partial charge in [0.2, 0.25) is 5.91 Å². The molecule has 1 saturated heterocycles. The van der Waals surface area contributed by atoms with Gasteiger partial charge in [-0.2, -0.15) is 13.2 Å². The zero-order chi connectivity index (χ0) is 20.1. The van der Waals surface area contributed by atoms with Gasteiger partial charge in [0, 0.05) is 39.8 Å². The summed E-state index contributed by atoms with van der Waals surface area (Å²) in [5.41, 5.74) is 0.0337. The van der Waals surface area contributed by atoms with Crippen molar-refractivity contribution in [3.05, 3.63) is 59.5 Å². The van der Waals surface area contributed by atoms with Crippen LogP contribution in [0.5, 0.6) is 0 Å². The lowest BCUT2D eigenvalue weighted by Crippen LogP contribution is -2.49. The van der Waals surface area contributed by atoms with Crippen LogP contribution in [-0.4, -0.2) is 60.4 Å². The van der Waals surface area contributed by atoms with Gasteiger partial charge in [0.05, 0.1) is 24.9 Å². The van der Waals surface area contributed by atoms with E-state index in [1.807, 2.05) is 6.07 Å². The number of piperazine rings is 1. The van der Waals surface area contributed by atoms with Gasteiger partial charge in [-0.3, -0.25) is 14.6 Å². The van der Waals surface area contributed by atoms with Crippen molar-refractivity contribution in [2.24, 2.45) is 0 Å². The molecule has 152 valence electrons. The van der Waals surface area contributed by atoms with Crippen molar-refractivity contribution in [3.63, 3.8) is 0 Å². The summed E-state index contributed by atoms with van der Waals surface area (Å²) in [5.74, 6) is 0.754. The van der Waals surface area contributed by atoms with Gasteiger partial charge >= 0.3 is 6.18 Å². The molecule has 0 bridgehead atoms. The van der Waals surface area contributed by atoms with E-state index >= 15 is 0 Å². The van der Waals surface area contributed by atoms with E-state index in [2.05, 4.69) is 9.80 Å². The second-order valence-electron chi connectivity index (χ2n) is 7.08. The number of hydrogen-bond acceptors (Lipinski definition) is 4. The Morgan fingerprint density at radius 1 is 1.11 bits per heavy atom. The molecule has 1 aliphatic heterocycles. The van der Waals surface area contributed by atoms with Crippen LogP contribution in [0.3, 0.4) is 0 Å². The van der Waals surface area contributed by atoms with E-state index in [-0.39, 0.29) is 5.91 Å². The Kier molecular flexibility index (Phi) is 6.41. The van der Waals surface area contributed by atoms with Crippen molar-refractivity contribution in [2.45, 2.75) is 19.3 Å². The quantitative estimate of drug-likeness (QED) is 0.754. The second-order valence-corrected chi connectivity index (χ2v) is 7.08. The Labute approximate surface area is 162 Å². The topological polar surface area (TPSA) is 39.9 Å². The second kappa shape index (κ2) is 8.79. The van der Waals surface area contributed by atoms with Gasteiger partial charge < -0.3 is 9.32 Å². The standard InChI is InChI=1S/C20H24F3N3O2/c1-24(14-18-6-3-11-28-18)19(27)15-26-9-7-25(8-10-26)13-16-4-2-5-17(12-16)20(21,22)23/h2-6,11-12H,7-10,13-15H2,1H3. The van der Waals surface area contributed by atoms with Crippen LogP contribution in [0.15, 0.2) is 47.1 Å². The molecule has 28 heavy (non-hydrogen) atoms. The number of likely N-dealkylation sites (N-methyl/N-ethyl adjacent to an activating group) is 1. The summed E-state index contributed by atoms with van der Waals surface area (Å²) in [6, 6.07) is 9.08. The summed E-state index contributed by atoms with van der Waals surface area (Å²) in [6.45, 7) is 4.08. The highest BCUT2D eigenvalue weighted by atomic mass is 19.4. The monoisotopic (exact) mass is 395 g/mol. The first-order valence-electron chi connectivity index (χ1n) is 9.18. The highest BCUT2D eigenvalue weighted by Crippen LogP contribution is 2.29. The van der Waals surface area contributed by atoms with Crippen LogP contribution >= 0.6 is 0 Å². The smallest absolute Gasteiger partial charge is 0.416 e. The Hall–Kier alpha value is -2.32. The normalized spacial score (nSPS) is 16.3. The Morgan fingerprint density at radius 2 is 1.82 bits per heavy atom. The summed E-state index contributed by atoms with van der Waals surface area (Å²) in [7, 11) is 1.74. The van der Waals surface area contributed by atoms with Gasteiger partial charge in [-0.05, 0) is 23.8 Å². The van der Waals surface area contributed by atoms with Crippen molar-refractivity contribution in [3.8, 4) is 0 Å². The number of halogens is 3. The molecule has 0 saturated carbocycles. The Bertz CT molecular complexity index is 769. The molecule has 0 radical (unpaired) electrons. The van der Waals surface area contributed by atoms with E-state index in [0.29, 0.717) is 51.4 Å². The number of rotatable bonds is 6. The van der Waals surface area contributed by atoms with Gasteiger partial charge in [0.15, 0.2) is 0 Å². The third-order valence-electron chi connectivity index (χ3n) is 4.88. The largest absolute Gasteiger partial charge is 0.467 e. The van der Waals surface area contributed by atoms with E-state index < -0.39 is 11.7 Å². The molecule has 3 rings (SSSR count). The van der Waals surface area contributed by atoms with Crippen LogP contribution in [0, 0.1) is 0 Å². The molecule has 1 aromatic carbocycles. The van der Waals surface area contributed by atoms with Gasteiger partial charge in [-0.1, -0.05) is 18.2 Å². The van der Waals surface area contributed by atoms with Crippen molar-refractivity contribution in [2.75, 3.05) is 39.8 Å². The number of amides is 1. The lowest BCUT2D eigenvalue weighted by molar-refractivity contribution is -0.137. The average Bonchev–Trinajstić information content (AvgIpc) is 3.16. The maximum Gasteiger partial charge on any atom is 0.416 e. The predicted octanol–water partition coefficient (Wildman–Crippen LogP) is 3.07. The highest BCUT2D eigenvalue weighted by molar-refractivity contribution is 5.77. The molecule has 0 aliphatic carbocycles. The minimum Gasteiger partial charge on any atom is -0.467 e. The first-order valence-corrected chi connectivity index (χ1v) is 9.18. The fraction of sp³-hybridized carbons (Fsp3) is 0.450. The van der Waals surface area contributed by atoms with Crippen LogP contribution in [0.2, 0.25) is 0 Å². The first kappa shape index (κ1) is 20.4. The average molecular weight is 395 g/mol. The first-order chi connectivity index (χ1) is 13.3. The number of hydrogen-bond donors (Lipinski definition) is 0. The Morgan fingerprint density at radius 3 is 2.46 bits per heavy atom. The van der Waals surface area contributed by atoms with Gasteiger partial charge in [0.25, 0.3) is 0 Å².